The summed E-state index contributed by atoms with van der Waals surface area (Å²) in [6.45, 7) is 5.57. The second-order valence-corrected chi connectivity index (χ2v) is 4.94. The van der Waals surface area contributed by atoms with Gasteiger partial charge in [0.15, 0.2) is 0 Å². The third-order valence-corrected chi connectivity index (χ3v) is 2.28. The van der Waals surface area contributed by atoms with Crippen molar-refractivity contribution < 1.29 is 9.53 Å². The number of hydrogen-bond acceptors (Lipinski definition) is 3. The SMILES string of the molecule is CC(C)(C)OC(=O)c1ccc2cnccc2c1. The van der Waals surface area contributed by atoms with E-state index in [9.17, 15) is 4.79 Å². The highest BCUT2D eigenvalue weighted by atomic mass is 16.6. The van der Waals surface area contributed by atoms with Crippen LogP contribution in [0.5, 0.6) is 0 Å². The summed E-state index contributed by atoms with van der Waals surface area (Å²) >= 11 is 0. The Balaban J connectivity index is 2.33. The molecule has 0 spiro atoms. The van der Waals surface area contributed by atoms with Crippen molar-refractivity contribution >= 4 is 16.7 Å². The molecule has 0 amide bonds. The van der Waals surface area contributed by atoms with E-state index < -0.39 is 5.60 Å². The van der Waals surface area contributed by atoms with Crippen molar-refractivity contribution in [3.63, 3.8) is 0 Å². The summed E-state index contributed by atoms with van der Waals surface area (Å²) in [5.74, 6) is -0.295. The first-order valence-electron chi connectivity index (χ1n) is 5.53. The molecule has 2 aromatic rings. The van der Waals surface area contributed by atoms with E-state index in [4.69, 9.17) is 4.74 Å². The average Bonchev–Trinajstić information content (AvgIpc) is 2.26. The lowest BCUT2D eigenvalue weighted by Gasteiger charge is -2.19. The number of carbonyl (C=O) groups excluding carboxylic acids is 1. The van der Waals surface area contributed by atoms with Gasteiger partial charge in [0.2, 0.25) is 0 Å². The van der Waals surface area contributed by atoms with Crippen LogP contribution < -0.4 is 0 Å². The molecule has 1 aromatic carbocycles. The zero-order chi connectivity index (χ0) is 12.5. The quantitative estimate of drug-likeness (QED) is 0.705. The molecule has 2 rings (SSSR count). The van der Waals surface area contributed by atoms with Gasteiger partial charge in [0.1, 0.15) is 5.60 Å². The van der Waals surface area contributed by atoms with Gasteiger partial charge in [-0.2, -0.15) is 0 Å². The molecule has 1 heterocycles. The van der Waals surface area contributed by atoms with Crippen LogP contribution in [0.15, 0.2) is 36.7 Å². The van der Waals surface area contributed by atoms with Crippen molar-refractivity contribution in [2.45, 2.75) is 26.4 Å². The van der Waals surface area contributed by atoms with Crippen molar-refractivity contribution in [1.29, 1.82) is 0 Å². The van der Waals surface area contributed by atoms with Crippen molar-refractivity contribution in [2.75, 3.05) is 0 Å². The van der Waals surface area contributed by atoms with E-state index in [0.29, 0.717) is 5.56 Å². The van der Waals surface area contributed by atoms with Crippen LogP contribution >= 0.6 is 0 Å². The summed E-state index contributed by atoms with van der Waals surface area (Å²) in [7, 11) is 0. The maximum atomic E-state index is 11.9. The first-order chi connectivity index (χ1) is 7.96. The number of aromatic nitrogens is 1. The van der Waals surface area contributed by atoms with Crippen LogP contribution in [0.4, 0.5) is 0 Å². The molecule has 0 saturated carbocycles. The largest absolute Gasteiger partial charge is 0.456 e. The average molecular weight is 229 g/mol. The van der Waals surface area contributed by atoms with Gasteiger partial charge in [0, 0.05) is 17.8 Å². The van der Waals surface area contributed by atoms with Crippen LogP contribution in [0.25, 0.3) is 10.8 Å². The predicted octanol–water partition coefficient (Wildman–Crippen LogP) is 3.19. The number of fused-ring (bicyclic) bond motifs is 1. The molecule has 3 heteroatoms. The highest BCUT2D eigenvalue weighted by molar-refractivity contribution is 5.95. The van der Waals surface area contributed by atoms with E-state index in [-0.39, 0.29) is 5.97 Å². The molecule has 0 bridgehead atoms. The minimum atomic E-state index is -0.468. The minimum absolute atomic E-state index is 0.295. The van der Waals surface area contributed by atoms with Crippen LogP contribution in [0.2, 0.25) is 0 Å². The van der Waals surface area contributed by atoms with Crippen molar-refractivity contribution in [3.05, 3.63) is 42.2 Å². The predicted molar refractivity (Wildman–Crippen MR) is 66.9 cm³/mol. The zero-order valence-electron chi connectivity index (χ0n) is 10.2. The first-order valence-corrected chi connectivity index (χ1v) is 5.53. The molecule has 0 aliphatic heterocycles. The second kappa shape index (κ2) is 4.17. The van der Waals surface area contributed by atoms with Gasteiger partial charge >= 0.3 is 5.97 Å². The number of hydrogen-bond donors (Lipinski definition) is 0. The number of pyridine rings is 1. The summed E-state index contributed by atoms with van der Waals surface area (Å²) in [5.41, 5.74) is 0.100. The second-order valence-electron chi connectivity index (χ2n) is 4.94. The number of nitrogens with zero attached hydrogens (tertiary/aromatic N) is 1. The van der Waals surface area contributed by atoms with E-state index in [1.807, 2.05) is 39.0 Å². The molecular formula is C14H15NO2. The van der Waals surface area contributed by atoms with E-state index in [0.717, 1.165) is 10.8 Å². The van der Waals surface area contributed by atoms with Crippen LogP contribution in [0.3, 0.4) is 0 Å². The van der Waals surface area contributed by atoms with Gasteiger partial charge in [-0.25, -0.2) is 4.79 Å². The molecule has 0 fully saturated rings. The Kier molecular flexibility index (Phi) is 2.84. The molecule has 0 radical (unpaired) electrons. The van der Waals surface area contributed by atoms with Crippen molar-refractivity contribution in [2.24, 2.45) is 0 Å². The number of rotatable bonds is 1. The molecule has 17 heavy (non-hydrogen) atoms. The highest BCUT2D eigenvalue weighted by Crippen LogP contribution is 2.17. The third kappa shape index (κ3) is 2.81. The van der Waals surface area contributed by atoms with Gasteiger partial charge in [-0.3, -0.25) is 4.98 Å². The lowest BCUT2D eigenvalue weighted by molar-refractivity contribution is 0.00697. The lowest BCUT2D eigenvalue weighted by atomic mass is 10.1. The Labute approximate surface area is 100 Å². The van der Waals surface area contributed by atoms with E-state index >= 15 is 0 Å². The van der Waals surface area contributed by atoms with Crippen LogP contribution in [0, 0.1) is 0 Å². The molecular weight excluding hydrogens is 214 g/mol. The fourth-order valence-electron chi connectivity index (χ4n) is 1.55. The standard InChI is InChI=1S/C14H15NO2/c1-14(2,3)17-13(16)11-4-5-12-9-15-7-6-10(12)8-11/h4-9H,1-3H3. The van der Waals surface area contributed by atoms with Crippen molar-refractivity contribution in [3.8, 4) is 0 Å². The lowest BCUT2D eigenvalue weighted by Crippen LogP contribution is -2.23. The van der Waals surface area contributed by atoms with Gasteiger partial charge in [0.05, 0.1) is 5.56 Å². The molecule has 0 unspecified atom stereocenters. The van der Waals surface area contributed by atoms with E-state index in [1.165, 1.54) is 0 Å². The fraction of sp³-hybridized carbons (Fsp3) is 0.286. The fourth-order valence-corrected chi connectivity index (χ4v) is 1.55. The molecule has 0 aliphatic rings. The van der Waals surface area contributed by atoms with Gasteiger partial charge in [-0.15, -0.1) is 0 Å². The number of ether oxygens (including phenoxy) is 1. The monoisotopic (exact) mass is 229 g/mol. The van der Waals surface area contributed by atoms with Crippen molar-refractivity contribution in [1.82, 2.24) is 4.98 Å². The van der Waals surface area contributed by atoms with Gasteiger partial charge in [-0.05, 0) is 44.4 Å². The summed E-state index contributed by atoms with van der Waals surface area (Å²) in [6.07, 6.45) is 3.48. The van der Waals surface area contributed by atoms with Crippen LogP contribution in [-0.4, -0.2) is 16.6 Å². The molecule has 0 aliphatic carbocycles. The molecule has 0 saturated heterocycles. The van der Waals surface area contributed by atoms with Gasteiger partial charge in [-0.1, -0.05) is 6.07 Å². The van der Waals surface area contributed by atoms with Crippen LogP contribution in [-0.2, 0) is 4.74 Å². The molecule has 88 valence electrons. The first kappa shape index (κ1) is 11.6. The van der Waals surface area contributed by atoms with E-state index in [1.54, 1.807) is 18.5 Å². The maximum Gasteiger partial charge on any atom is 0.338 e. The van der Waals surface area contributed by atoms with Crippen LogP contribution in [0.1, 0.15) is 31.1 Å². The Hall–Kier alpha value is -1.90. The molecule has 0 atom stereocenters. The van der Waals surface area contributed by atoms with Gasteiger partial charge in [0.25, 0.3) is 0 Å². The summed E-state index contributed by atoms with van der Waals surface area (Å²) in [6, 6.07) is 7.34. The Morgan fingerprint density at radius 1 is 1.18 bits per heavy atom. The number of esters is 1. The van der Waals surface area contributed by atoms with E-state index in [2.05, 4.69) is 4.98 Å². The number of carbonyl (C=O) groups is 1. The Morgan fingerprint density at radius 3 is 2.65 bits per heavy atom. The third-order valence-electron chi connectivity index (χ3n) is 2.28. The zero-order valence-corrected chi connectivity index (χ0v) is 10.2. The highest BCUT2D eigenvalue weighted by Gasteiger charge is 2.17. The maximum absolute atomic E-state index is 11.9. The molecule has 1 aromatic heterocycles. The normalized spacial score (nSPS) is 11.5. The minimum Gasteiger partial charge on any atom is -0.456 e. The Morgan fingerprint density at radius 2 is 1.94 bits per heavy atom. The van der Waals surface area contributed by atoms with Gasteiger partial charge < -0.3 is 4.74 Å². The summed E-state index contributed by atoms with van der Waals surface area (Å²) < 4.78 is 5.32. The molecule has 0 N–H and O–H groups in total. The summed E-state index contributed by atoms with van der Waals surface area (Å²) in [4.78, 5) is 15.9. The summed E-state index contributed by atoms with van der Waals surface area (Å²) in [5, 5.41) is 2.00. The topological polar surface area (TPSA) is 39.2 Å². The number of benzene rings is 1. The smallest absolute Gasteiger partial charge is 0.338 e. The Bertz CT molecular complexity index is 555. The molecule has 3 nitrogen and oxygen atoms in total.